The molecule has 1 amide bonds. The summed E-state index contributed by atoms with van der Waals surface area (Å²) in [5, 5.41) is 7.41. The summed E-state index contributed by atoms with van der Waals surface area (Å²) >= 11 is 11.8. The summed E-state index contributed by atoms with van der Waals surface area (Å²) in [6.07, 6.45) is -0.710. The Bertz CT molecular complexity index is 1000. The van der Waals surface area contributed by atoms with Crippen LogP contribution in [0, 0.1) is 0 Å². The first kappa shape index (κ1) is 16.6. The monoisotopic (exact) mass is 382 g/mol. The van der Waals surface area contributed by atoms with Crippen LogP contribution < -0.4 is 5.32 Å². The van der Waals surface area contributed by atoms with Gasteiger partial charge in [-0.15, -0.1) is 0 Å². The molecule has 0 saturated carbocycles. The van der Waals surface area contributed by atoms with Gasteiger partial charge in [0.05, 0.1) is 10.0 Å². The Hall–Kier alpha value is -2.82. The highest BCUT2D eigenvalue weighted by molar-refractivity contribution is 6.42. The summed E-state index contributed by atoms with van der Waals surface area (Å²) in [5.41, 5.74) is 5.08. The number of oxime groups is 1. The third-order valence-electron chi connectivity index (χ3n) is 4.04. The molecule has 0 fully saturated rings. The SMILES string of the molecule is O=C(Nc1ccc(Cl)c(Cl)c1)ON=C1c2ccccc2-c2ccccc21. The summed E-state index contributed by atoms with van der Waals surface area (Å²) < 4.78 is 0. The summed E-state index contributed by atoms with van der Waals surface area (Å²) in [7, 11) is 0. The van der Waals surface area contributed by atoms with E-state index in [1.807, 2.05) is 48.5 Å². The Morgan fingerprint density at radius 1 is 0.808 bits per heavy atom. The molecule has 4 rings (SSSR count). The molecule has 0 spiro atoms. The van der Waals surface area contributed by atoms with Gasteiger partial charge in [-0.1, -0.05) is 76.9 Å². The highest BCUT2D eigenvalue weighted by atomic mass is 35.5. The first-order chi connectivity index (χ1) is 12.6. The number of nitrogens with one attached hydrogen (secondary N) is 1. The second-order valence-electron chi connectivity index (χ2n) is 5.66. The van der Waals surface area contributed by atoms with Crippen LogP contribution >= 0.6 is 23.2 Å². The van der Waals surface area contributed by atoms with Crippen LogP contribution in [0.1, 0.15) is 11.1 Å². The fourth-order valence-electron chi connectivity index (χ4n) is 2.89. The average molecular weight is 383 g/mol. The van der Waals surface area contributed by atoms with Gasteiger partial charge >= 0.3 is 6.09 Å². The summed E-state index contributed by atoms with van der Waals surface area (Å²) in [6, 6.07) is 20.5. The molecule has 6 heteroatoms. The van der Waals surface area contributed by atoms with Gasteiger partial charge in [0.2, 0.25) is 0 Å². The van der Waals surface area contributed by atoms with E-state index in [1.54, 1.807) is 18.2 Å². The Morgan fingerprint density at radius 3 is 1.96 bits per heavy atom. The topological polar surface area (TPSA) is 50.7 Å². The molecule has 4 nitrogen and oxygen atoms in total. The van der Waals surface area contributed by atoms with Crippen LogP contribution in [-0.2, 0) is 4.84 Å². The molecule has 0 unspecified atom stereocenters. The van der Waals surface area contributed by atoms with Crippen molar-refractivity contribution >= 4 is 40.7 Å². The predicted molar refractivity (Wildman–Crippen MR) is 104 cm³/mol. The molecule has 26 heavy (non-hydrogen) atoms. The van der Waals surface area contributed by atoms with Crippen molar-refractivity contribution in [2.75, 3.05) is 5.32 Å². The van der Waals surface area contributed by atoms with Gasteiger partial charge in [0.1, 0.15) is 5.71 Å². The van der Waals surface area contributed by atoms with Crippen molar-refractivity contribution in [3.8, 4) is 11.1 Å². The zero-order valence-electron chi connectivity index (χ0n) is 13.4. The lowest BCUT2D eigenvalue weighted by molar-refractivity contribution is 0.166. The number of nitrogens with zero attached hydrogens (tertiary/aromatic N) is 1. The van der Waals surface area contributed by atoms with E-state index in [1.165, 1.54) is 0 Å². The Labute approximate surface area is 160 Å². The summed E-state index contributed by atoms with van der Waals surface area (Å²) in [6.45, 7) is 0. The molecule has 0 atom stereocenters. The Balaban J connectivity index is 1.58. The van der Waals surface area contributed by atoms with E-state index in [0.29, 0.717) is 21.4 Å². The lowest BCUT2D eigenvalue weighted by Gasteiger charge is -2.05. The van der Waals surface area contributed by atoms with Crippen LogP contribution in [0.25, 0.3) is 11.1 Å². The van der Waals surface area contributed by atoms with Gasteiger partial charge < -0.3 is 0 Å². The maximum absolute atomic E-state index is 12.1. The van der Waals surface area contributed by atoms with Crippen molar-refractivity contribution < 1.29 is 9.63 Å². The fourth-order valence-corrected chi connectivity index (χ4v) is 3.19. The quantitative estimate of drug-likeness (QED) is 0.342. The Kier molecular flexibility index (Phi) is 4.37. The minimum absolute atomic E-state index is 0.342. The van der Waals surface area contributed by atoms with Crippen LogP contribution in [0.5, 0.6) is 0 Å². The van der Waals surface area contributed by atoms with Gasteiger partial charge in [-0.25, -0.2) is 4.79 Å². The standard InChI is InChI=1S/C20H12Cl2N2O2/c21-17-10-9-12(11-18(17)22)23-20(25)26-24-19-15-7-3-1-5-13(15)14-6-2-4-8-16(14)19/h1-11H,(H,23,25). The molecule has 128 valence electrons. The van der Waals surface area contributed by atoms with E-state index in [2.05, 4.69) is 10.5 Å². The lowest BCUT2D eigenvalue weighted by atomic mass is 10.1. The second kappa shape index (κ2) is 6.83. The van der Waals surface area contributed by atoms with Crippen LogP contribution in [-0.4, -0.2) is 11.8 Å². The number of hydrogen-bond acceptors (Lipinski definition) is 3. The third-order valence-corrected chi connectivity index (χ3v) is 4.78. The minimum atomic E-state index is -0.710. The fraction of sp³-hybridized carbons (Fsp3) is 0. The van der Waals surface area contributed by atoms with Gasteiger partial charge in [-0.2, -0.15) is 0 Å². The van der Waals surface area contributed by atoms with E-state index in [9.17, 15) is 4.79 Å². The van der Waals surface area contributed by atoms with Crippen LogP contribution in [0.2, 0.25) is 10.0 Å². The number of rotatable bonds is 2. The first-order valence-electron chi connectivity index (χ1n) is 7.84. The van der Waals surface area contributed by atoms with E-state index < -0.39 is 6.09 Å². The Morgan fingerprint density at radius 2 is 1.38 bits per heavy atom. The molecule has 0 saturated heterocycles. The molecule has 0 aromatic heterocycles. The molecule has 3 aromatic carbocycles. The maximum atomic E-state index is 12.1. The summed E-state index contributed by atoms with van der Waals surface area (Å²) in [5.74, 6) is 0. The van der Waals surface area contributed by atoms with E-state index in [4.69, 9.17) is 28.0 Å². The molecule has 1 aliphatic carbocycles. The number of carbonyl (C=O) groups is 1. The van der Waals surface area contributed by atoms with Crippen molar-refractivity contribution in [2.45, 2.75) is 0 Å². The molecule has 0 aliphatic heterocycles. The number of carbonyl (C=O) groups excluding carboxylic acids is 1. The third kappa shape index (κ3) is 3.05. The molecule has 0 bridgehead atoms. The van der Waals surface area contributed by atoms with E-state index in [0.717, 1.165) is 22.3 Å². The molecule has 0 heterocycles. The van der Waals surface area contributed by atoms with Gasteiger partial charge in [0, 0.05) is 16.8 Å². The van der Waals surface area contributed by atoms with E-state index in [-0.39, 0.29) is 0 Å². The number of benzene rings is 3. The van der Waals surface area contributed by atoms with Crippen LogP contribution in [0.15, 0.2) is 71.9 Å². The van der Waals surface area contributed by atoms with Gasteiger partial charge in [-0.05, 0) is 29.3 Å². The number of amides is 1. The van der Waals surface area contributed by atoms with Crippen molar-refractivity contribution in [1.29, 1.82) is 0 Å². The van der Waals surface area contributed by atoms with Crippen molar-refractivity contribution in [3.63, 3.8) is 0 Å². The minimum Gasteiger partial charge on any atom is -0.297 e. The van der Waals surface area contributed by atoms with Gasteiger partial charge in [0.15, 0.2) is 0 Å². The highest BCUT2D eigenvalue weighted by Crippen LogP contribution is 2.36. The maximum Gasteiger partial charge on any atom is 0.437 e. The van der Waals surface area contributed by atoms with Crippen molar-refractivity contribution in [2.24, 2.45) is 5.16 Å². The van der Waals surface area contributed by atoms with Gasteiger partial charge in [-0.3, -0.25) is 10.2 Å². The van der Waals surface area contributed by atoms with Gasteiger partial charge in [0.25, 0.3) is 0 Å². The average Bonchev–Trinajstić information content (AvgIpc) is 2.97. The molecular weight excluding hydrogens is 371 g/mol. The number of anilines is 1. The highest BCUT2D eigenvalue weighted by Gasteiger charge is 2.24. The largest absolute Gasteiger partial charge is 0.437 e. The summed E-state index contributed by atoms with van der Waals surface area (Å²) in [4.78, 5) is 17.1. The second-order valence-corrected chi connectivity index (χ2v) is 6.48. The van der Waals surface area contributed by atoms with Crippen LogP contribution in [0.3, 0.4) is 0 Å². The normalized spacial score (nSPS) is 11.5. The number of fused-ring (bicyclic) bond motifs is 3. The zero-order chi connectivity index (χ0) is 18.1. The van der Waals surface area contributed by atoms with E-state index >= 15 is 0 Å². The molecule has 1 aliphatic rings. The van der Waals surface area contributed by atoms with Crippen molar-refractivity contribution in [1.82, 2.24) is 0 Å². The number of halogens is 2. The molecule has 3 aromatic rings. The van der Waals surface area contributed by atoms with Crippen molar-refractivity contribution in [3.05, 3.63) is 87.9 Å². The first-order valence-corrected chi connectivity index (χ1v) is 8.59. The zero-order valence-corrected chi connectivity index (χ0v) is 14.9. The molecular formula is C20H12Cl2N2O2. The molecule has 0 radical (unpaired) electrons. The number of hydrogen-bond donors (Lipinski definition) is 1. The lowest BCUT2D eigenvalue weighted by Crippen LogP contribution is -2.12. The molecule has 1 N–H and O–H groups in total. The van der Waals surface area contributed by atoms with Crippen LogP contribution in [0.4, 0.5) is 10.5 Å². The predicted octanol–water partition coefficient (Wildman–Crippen LogP) is 5.97. The smallest absolute Gasteiger partial charge is 0.297 e.